The Hall–Kier alpha value is -2.70. The van der Waals surface area contributed by atoms with Crippen LogP contribution in [0.15, 0.2) is 24.4 Å². The highest BCUT2D eigenvalue weighted by Gasteiger charge is 2.13. The van der Waals surface area contributed by atoms with Crippen molar-refractivity contribution in [2.75, 3.05) is 20.0 Å². The maximum atomic E-state index is 10.9. The lowest BCUT2D eigenvalue weighted by molar-refractivity contribution is 0.0690. The second-order valence-electron chi connectivity index (χ2n) is 4.13. The molecule has 3 N–H and O–H groups in total. The highest BCUT2D eigenvalue weighted by Crippen LogP contribution is 2.27. The van der Waals surface area contributed by atoms with Gasteiger partial charge in [0.15, 0.2) is 17.2 Å². The van der Waals surface area contributed by atoms with E-state index in [0.29, 0.717) is 18.0 Å². The molecule has 1 aromatic carbocycles. The number of aromatic nitrogens is 2. The number of carboxylic acids is 1. The molecular formula is C13H15N3O4. The minimum atomic E-state index is -1.14. The molecule has 2 aromatic rings. The maximum Gasteiger partial charge on any atom is 0.358 e. The Morgan fingerprint density at radius 2 is 2.05 bits per heavy atom. The van der Waals surface area contributed by atoms with Crippen LogP contribution in [0.2, 0.25) is 0 Å². The smallest absolute Gasteiger partial charge is 0.358 e. The van der Waals surface area contributed by atoms with Gasteiger partial charge in [0.1, 0.15) is 0 Å². The summed E-state index contributed by atoms with van der Waals surface area (Å²) in [7, 11) is 3.11. The number of anilines is 1. The molecule has 20 heavy (non-hydrogen) atoms. The summed E-state index contributed by atoms with van der Waals surface area (Å²) in [5.41, 5.74) is 6.47. The van der Waals surface area contributed by atoms with Crippen molar-refractivity contribution >= 4 is 11.7 Å². The van der Waals surface area contributed by atoms with E-state index in [0.717, 1.165) is 5.56 Å². The molecule has 0 amide bonds. The fourth-order valence-electron chi connectivity index (χ4n) is 1.85. The number of nitrogen functional groups attached to an aromatic ring is 1. The summed E-state index contributed by atoms with van der Waals surface area (Å²) in [6.45, 7) is 0.387. The van der Waals surface area contributed by atoms with Crippen LogP contribution in [-0.4, -0.2) is 35.1 Å². The van der Waals surface area contributed by atoms with Crippen LogP contribution in [0.25, 0.3) is 0 Å². The number of carboxylic acid groups (broad SMARTS) is 1. The van der Waals surface area contributed by atoms with Crippen LogP contribution in [0.5, 0.6) is 11.5 Å². The molecule has 0 saturated carbocycles. The molecule has 0 aliphatic rings. The number of rotatable bonds is 5. The first-order valence-electron chi connectivity index (χ1n) is 5.82. The molecule has 1 heterocycles. The fourth-order valence-corrected chi connectivity index (χ4v) is 1.85. The summed E-state index contributed by atoms with van der Waals surface area (Å²) in [5, 5.41) is 12.8. The number of nitrogens with two attached hydrogens (primary N) is 1. The van der Waals surface area contributed by atoms with E-state index in [2.05, 4.69) is 5.10 Å². The van der Waals surface area contributed by atoms with Crippen LogP contribution in [0.3, 0.4) is 0 Å². The number of ether oxygens (including phenoxy) is 2. The zero-order valence-corrected chi connectivity index (χ0v) is 11.2. The van der Waals surface area contributed by atoms with E-state index < -0.39 is 5.97 Å². The molecule has 0 radical (unpaired) electrons. The molecule has 0 spiro atoms. The molecule has 0 atom stereocenters. The average Bonchev–Trinajstić information content (AvgIpc) is 2.79. The number of benzene rings is 1. The van der Waals surface area contributed by atoms with Crippen LogP contribution in [0.1, 0.15) is 16.1 Å². The minimum absolute atomic E-state index is 0.137. The van der Waals surface area contributed by atoms with Crippen LogP contribution in [-0.2, 0) is 6.54 Å². The topological polar surface area (TPSA) is 99.6 Å². The van der Waals surface area contributed by atoms with Gasteiger partial charge < -0.3 is 20.3 Å². The zero-order chi connectivity index (χ0) is 14.7. The van der Waals surface area contributed by atoms with Crippen molar-refractivity contribution in [2.45, 2.75) is 6.54 Å². The largest absolute Gasteiger partial charge is 0.493 e. The first-order chi connectivity index (χ1) is 9.55. The summed E-state index contributed by atoms with van der Waals surface area (Å²) >= 11 is 0. The Balaban J connectivity index is 2.26. The molecule has 0 fully saturated rings. The van der Waals surface area contributed by atoms with E-state index >= 15 is 0 Å². The van der Waals surface area contributed by atoms with Crippen LogP contribution < -0.4 is 15.2 Å². The van der Waals surface area contributed by atoms with Gasteiger partial charge in [0, 0.05) is 6.20 Å². The summed E-state index contributed by atoms with van der Waals surface area (Å²) < 4.78 is 11.8. The summed E-state index contributed by atoms with van der Waals surface area (Å²) in [5.74, 6) is 0.0830. The molecular weight excluding hydrogens is 262 g/mol. The Morgan fingerprint density at radius 3 is 2.60 bits per heavy atom. The molecule has 0 aliphatic heterocycles. The number of methoxy groups -OCH3 is 2. The number of hydrogen-bond donors (Lipinski definition) is 2. The van der Waals surface area contributed by atoms with Gasteiger partial charge in [0.2, 0.25) is 0 Å². The second-order valence-corrected chi connectivity index (χ2v) is 4.13. The fraction of sp³-hybridized carbons (Fsp3) is 0.231. The van der Waals surface area contributed by atoms with E-state index in [1.165, 1.54) is 10.9 Å². The SMILES string of the molecule is COc1ccc(Cn2cc(N)c(C(=O)O)n2)cc1OC. The van der Waals surface area contributed by atoms with E-state index in [4.69, 9.17) is 20.3 Å². The second kappa shape index (κ2) is 5.52. The summed E-state index contributed by atoms with van der Waals surface area (Å²) in [4.78, 5) is 10.9. The Morgan fingerprint density at radius 1 is 1.35 bits per heavy atom. The number of aromatic carboxylic acids is 1. The normalized spacial score (nSPS) is 10.3. The van der Waals surface area contributed by atoms with E-state index in [-0.39, 0.29) is 11.4 Å². The van der Waals surface area contributed by atoms with Gasteiger partial charge in [0.25, 0.3) is 0 Å². The number of carbonyl (C=O) groups is 1. The van der Waals surface area contributed by atoms with Crippen molar-refractivity contribution in [3.63, 3.8) is 0 Å². The molecule has 0 saturated heterocycles. The Labute approximate surface area is 115 Å². The van der Waals surface area contributed by atoms with Gasteiger partial charge in [-0.2, -0.15) is 5.10 Å². The van der Waals surface area contributed by atoms with Crippen LogP contribution >= 0.6 is 0 Å². The monoisotopic (exact) mass is 277 g/mol. The molecule has 1 aromatic heterocycles. The lowest BCUT2D eigenvalue weighted by Gasteiger charge is -2.09. The van der Waals surface area contributed by atoms with Crippen molar-refractivity contribution in [1.82, 2.24) is 9.78 Å². The van der Waals surface area contributed by atoms with E-state index in [1.54, 1.807) is 26.4 Å². The Kier molecular flexibility index (Phi) is 3.79. The first-order valence-corrected chi connectivity index (χ1v) is 5.82. The molecule has 0 aliphatic carbocycles. The van der Waals surface area contributed by atoms with E-state index in [1.807, 2.05) is 6.07 Å². The molecule has 106 valence electrons. The van der Waals surface area contributed by atoms with Gasteiger partial charge >= 0.3 is 5.97 Å². The van der Waals surface area contributed by atoms with Crippen molar-refractivity contribution in [2.24, 2.45) is 0 Å². The lowest BCUT2D eigenvalue weighted by Crippen LogP contribution is -2.05. The molecule has 7 heteroatoms. The highest BCUT2D eigenvalue weighted by molar-refractivity contribution is 5.91. The molecule has 0 unspecified atom stereocenters. The molecule has 2 rings (SSSR count). The highest BCUT2D eigenvalue weighted by atomic mass is 16.5. The van der Waals surface area contributed by atoms with Crippen molar-refractivity contribution in [3.05, 3.63) is 35.7 Å². The van der Waals surface area contributed by atoms with Gasteiger partial charge in [-0.15, -0.1) is 0 Å². The third-order valence-corrected chi connectivity index (χ3v) is 2.79. The van der Waals surface area contributed by atoms with Gasteiger partial charge in [-0.05, 0) is 17.7 Å². The van der Waals surface area contributed by atoms with Gasteiger partial charge in [-0.1, -0.05) is 6.07 Å². The van der Waals surface area contributed by atoms with Gasteiger partial charge in [0.05, 0.1) is 26.5 Å². The van der Waals surface area contributed by atoms with Gasteiger partial charge in [-0.25, -0.2) is 4.79 Å². The number of hydrogen-bond acceptors (Lipinski definition) is 5. The average molecular weight is 277 g/mol. The van der Waals surface area contributed by atoms with Crippen molar-refractivity contribution < 1.29 is 19.4 Å². The summed E-state index contributed by atoms with van der Waals surface area (Å²) in [6, 6.07) is 5.43. The third kappa shape index (κ3) is 2.66. The maximum absolute atomic E-state index is 10.9. The third-order valence-electron chi connectivity index (χ3n) is 2.79. The van der Waals surface area contributed by atoms with Crippen molar-refractivity contribution in [3.8, 4) is 11.5 Å². The molecule has 7 nitrogen and oxygen atoms in total. The quantitative estimate of drug-likeness (QED) is 0.852. The van der Waals surface area contributed by atoms with E-state index in [9.17, 15) is 4.79 Å². The zero-order valence-electron chi connectivity index (χ0n) is 11.2. The standard InChI is InChI=1S/C13H15N3O4/c1-19-10-4-3-8(5-11(10)20-2)6-16-7-9(14)12(15-16)13(17)18/h3-5,7H,6,14H2,1-2H3,(H,17,18). The molecule has 0 bridgehead atoms. The Bertz CT molecular complexity index is 637. The predicted octanol–water partition coefficient (Wildman–Crippen LogP) is 1.23. The minimum Gasteiger partial charge on any atom is -0.493 e. The first kappa shape index (κ1) is 13.7. The van der Waals surface area contributed by atoms with Crippen molar-refractivity contribution in [1.29, 1.82) is 0 Å². The summed E-state index contributed by atoms with van der Waals surface area (Å²) in [6.07, 6.45) is 1.49. The predicted molar refractivity (Wildman–Crippen MR) is 72.2 cm³/mol. The number of nitrogens with zero attached hydrogens (tertiary/aromatic N) is 2. The lowest BCUT2D eigenvalue weighted by atomic mass is 10.2. The van der Waals surface area contributed by atoms with Crippen LogP contribution in [0.4, 0.5) is 5.69 Å². The van der Waals surface area contributed by atoms with Gasteiger partial charge in [-0.3, -0.25) is 4.68 Å². The van der Waals surface area contributed by atoms with Crippen LogP contribution in [0, 0.1) is 0 Å².